The lowest BCUT2D eigenvalue weighted by Gasteiger charge is -2.23. The maximum Gasteiger partial charge on any atom is 0.307 e. The van der Waals surface area contributed by atoms with Crippen LogP contribution in [-0.2, 0) is 16.1 Å². The van der Waals surface area contributed by atoms with E-state index >= 15 is 0 Å². The maximum absolute atomic E-state index is 12.6. The van der Waals surface area contributed by atoms with Gasteiger partial charge in [0.1, 0.15) is 5.01 Å². The van der Waals surface area contributed by atoms with Gasteiger partial charge in [-0.15, -0.1) is 11.3 Å². The fraction of sp³-hybridized carbons (Fsp3) is 0.316. The Hall–Kier alpha value is -2.47. The Kier molecular flexibility index (Phi) is 4.13. The van der Waals surface area contributed by atoms with Crippen LogP contribution in [0.25, 0.3) is 10.6 Å². The molecule has 4 unspecified atom stereocenters. The molecule has 4 atom stereocenters. The van der Waals surface area contributed by atoms with Crippen molar-refractivity contribution < 1.29 is 14.7 Å². The first-order valence-corrected chi connectivity index (χ1v) is 9.20. The SMILES string of the molecule is O=C(O)C1C2C=CC(C2)C1C(=O)NCc1csc(-c2ccccc2)n1. The summed E-state index contributed by atoms with van der Waals surface area (Å²) in [5.74, 6) is -2.11. The largest absolute Gasteiger partial charge is 0.481 e. The number of carbonyl (C=O) groups excluding carboxylic acids is 1. The van der Waals surface area contributed by atoms with Crippen LogP contribution < -0.4 is 5.32 Å². The number of nitrogens with one attached hydrogen (secondary N) is 1. The summed E-state index contributed by atoms with van der Waals surface area (Å²) in [6.45, 7) is 0.326. The average Bonchev–Trinajstić information content (AvgIpc) is 3.35. The average molecular weight is 354 g/mol. The monoisotopic (exact) mass is 354 g/mol. The van der Waals surface area contributed by atoms with Crippen molar-refractivity contribution in [3.05, 3.63) is 53.6 Å². The molecule has 4 rings (SSSR count). The summed E-state index contributed by atoms with van der Waals surface area (Å²) in [5.41, 5.74) is 1.84. The summed E-state index contributed by atoms with van der Waals surface area (Å²) >= 11 is 1.54. The first-order valence-electron chi connectivity index (χ1n) is 8.32. The number of hydrogen-bond donors (Lipinski definition) is 2. The number of aliphatic carboxylic acids is 1. The molecule has 1 fully saturated rings. The van der Waals surface area contributed by atoms with Gasteiger partial charge in [-0.1, -0.05) is 42.5 Å². The number of carbonyl (C=O) groups is 2. The van der Waals surface area contributed by atoms with E-state index in [1.807, 2.05) is 47.9 Å². The molecule has 2 aromatic rings. The molecule has 0 saturated heterocycles. The van der Waals surface area contributed by atoms with Gasteiger partial charge in [-0.3, -0.25) is 9.59 Å². The highest BCUT2D eigenvalue weighted by Gasteiger charge is 2.51. The zero-order chi connectivity index (χ0) is 17.4. The standard InChI is InChI=1S/C19H18N2O3S/c22-17(15-12-6-7-13(8-12)16(15)19(23)24)20-9-14-10-25-18(21-14)11-4-2-1-3-5-11/h1-7,10,12-13,15-16H,8-9H2,(H,20,22)(H,23,24). The maximum atomic E-state index is 12.6. The summed E-state index contributed by atoms with van der Waals surface area (Å²) in [4.78, 5) is 28.6. The molecule has 2 bridgehead atoms. The van der Waals surface area contributed by atoms with Crippen molar-refractivity contribution in [1.29, 1.82) is 0 Å². The molecule has 2 aliphatic rings. The molecule has 0 spiro atoms. The van der Waals surface area contributed by atoms with Crippen LogP contribution in [0.5, 0.6) is 0 Å². The van der Waals surface area contributed by atoms with E-state index in [0.29, 0.717) is 6.54 Å². The second kappa shape index (κ2) is 6.44. The first-order chi connectivity index (χ1) is 12.1. The summed E-state index contributed by atoms with van der Waals surface area (Å²) in [6, 6.07) is 9.89. The van der Waals surface area contributed by atoms with Gasteiger partial charge in [-0.05, 0) is 18.3 Å². The molecule has 2 N–H and O–H groups in total. The molecule has 6 heteroatoms. The number of rotatable bonds is 5. The lowest BCUT2D eigenvalue weighted by molar-refractivity contribution is -0.147. The third-order valence-electron chi connectivity index (χ3n) is 5.06. The molecular weight excluding hydrogens is 336 g/mol. The van der Waals surface area contributed by atoms with Crippen molar-refractivity contribution in [3.8, 4) is 10.6 Å². The number of amides is 1. The molecule has 1 saturated carbocycles. The van der Waals surface area contributed by atoms with Gasteiger partial charge in [-0.2, -0.15) is 0 Å². The van der Waals surface area contributed by atoms with Crippen molar-refractivity contribution in [1.82, 2.24) is 10.3 Å². The first kappa shape index (κ1) is 16.0. The zero-order valence-corrected chi connectivity index (χ0v) is 14.3. The van der Waals surface area contributed by atoms with Gasteiger partial charge >= 0.3 is 5.97 Å². The van der Waals surface area contributed by atoms with Gasteiger partial charge in [0.15, 0.2) is 0 Å². The number of aromatic nitrogens is 1. The Bertz CT molecular complexity index is 830. The van der Waals surface area contributed by atoms with E-state index in [-0.39, 0.29) is 17.7 Å². The van der Waals surface area contributed by atoms with Crippen molar-refractivity contribution >= 4 is 23.2 Å². The molecule has 1 aromatic heterocycles. The third kappa shape index (κ3) is 2.98. The second-order valence-corrected chi connectivity index (χ2v) is 7.42. The molecule has 1 amide bonds. The van der Waals surface area contributed by atoms with Gasteiger partial charge in [0.2, 0.25) is 5.91 Å². The van der Waals surface area contributed by atoms with Gasteiger partial charge < -0.3 is 10.4 Å². The molecule has 1 heterocycles. The molecule has 128 valence electrons. The van der Waals surface area contributed by atoms with Crippen LogP contribution in [0, 0.1) is 23.7 Å². The molecule has 1 aromatic carbocycles. The Morgan fingerprint density at radius 2 is 1.88 bits per heavy atom. The minimum atomic E-state index is -0.878. The molecule has 5 nitrogen and oxygen atoms in total. The van der Waals surface area contributed by atoms with E-state index in [0.717, 1.165) is 22.7 Å². The quantitative estimate of drug-likeness (QED) is 0.809. The number of fused-ring (bicyclic) bond motifs is 2. The number of benzene rings is 1. The summed E-state index contributed by atoms with van der Waals surface area (Å²) in [6.07, 6.45) is 4.70. The topological polar surface area (TPSA) is 79.3 Å². The normalized spacial score (nSPS) is 26.7. The number of hydrogen-bond acceptors (Lipinski definition) is 4. The van der Waals surface area contributed by atoms with Crippen LogP contribution in [0.3, 0.4) is 0 Å². The van der Waals surface area contributed by atoms with E-state index in [1.165, 1.54) is 11.3 Å². The lowest BCUT2D eigenvalue weighted by Crippen LogP contribution is -2.39. The minimum Gasteiger partial charge on any atom is -0.481 e. The predicted octanol–water partition coefficient (Wildman–Crippen LogP) is 2.95. The predicted molar refractivity (Wildman–Crippen MR) is 94.7 cm³/mol. The second-order valence-electron chi connectivity index (χ2n) is 6.57. The number of thiazole rings is 1. The van der Waals surface area contributed by atoms with E-state index in [9.17, 15) is 14.7 Å². The van der Waals surface area contributed by atoms with Crippen molar-refractivity contribution in [2.45, 2.75) is 13.0 Å². The van der Waals surface area contributed by atoms with Gasteiger partial charge in [0.25, 0.3) is 0 Å². The van der Waals surface area contributed by atoms with Crippen LogP contribution in [0.1, 0.15) is 12.1 Å². The summed E-state index contributed by atoms with van der Waals surface area (Å²) in [5, 5.41) is 15.2. The van der Waals surface area contributed by atoms with Crippen molar-refractivity contribution in [2.75, 3.05) is 0 Å². The van der Waals surface area contributed by atoms with Gasteiger partial charge in [0.05, 0.1) is 24.1 Å². The minimum absolute atomic E-state index is 0.0118. The van der Waals surface area contributed by atoms with Crippen molar-refractivity contribution in [2.24, 2.45) is 23.7 Å². The van der Waals surface area contributed by atoms with E-state index in [2.05, 4.69) is 10.3 Å². The van der Waals surface area contributed by atoms with E-state index in [4.69, 9.17) is 0 Å². The Morgan fingerprint density at radius 3 is 2.60 bits per heavy atom. The molecule has 0 aliphatic heterocycles. The van der Waals surface area contributed by atoms with Gasteiger partial charge in [-0.25, -0.2) is 4.98 Å². The fourth-order valence-corrected chi connectivity index (χ4v) is 4.74. The Morgan fingerprint density at radius 1 is 1.16 bits per heavy atom. The summed E-state index contributed by atoms with van der Waals surface area (Å²) in [7, 11) is 0. The van der Waals surface area contributed by atoms with E-state index < -0.39 is 17.8 Å². The molecule has 2 aliphatic carbocycles. The lowest BCUT2D eigenvalue weighted by atomic mass is 9.82. The zero-order valence-electron chi connectivity index (χ0n) is 13.5. The third-order valence-corrected chi connectivity index (χ3v) is 6.00. The van der Waals surface area contributed by atoms with Crippen LogP contribution in [0.15, 0.2) is 47.9 Å². The number of carboxylic acids is 1. The van der Waals surface area contributed by atoms with Crippen LogP contribution in [-0.4, -0.2) is 22.0 Å². The molecule has 0 radical (unpaired) electrons. The van der Waals surface area contributed by atoms with Crippen molar-refractivity contribution in [3.63, 3.8) is 0 Å². The highest BCUT2D eigenvalue weighted by molar-refractivity contribution is 7.13. The highest BCUT2D eigenvalue weighted by Crippen LogP contribution is 2.48. The van der Waals surface area contributed by atoms with Crippen LogP contribution >= 0.6 is 11.3 Å². The molecular formula is C19H18N2O3S. The van der Waals surface area contributed by atoms with E-state index in [1.54, 1.807) is 0 Å². The smallest absolute Gasteiger partial charge is 0.307 e. The summed E-state index contributed by atoms with van der Waals surface area (Å²) < 4.78 is 0. The number of nitrogens with zero attached hydrogens (tertiary/aromatic N) is 1. The highest BCUT2D eigenvalue weighted by atomic mass is 32.1. The number of allylic oxidation sites excluding steroid dienone is 2. The Balaban J connectivity index is 1.42. The Labute approximate surface area is 149 Å². The molecule has 25 heavy (non-hydrogen) atoms. The van der Waals surface area contributed by atoms with Crippen LogP contribution in [0.4, 0.5) is 0 Å². The number of carboxylic acid groups (broad SMARTS) is 1. The van der Waals surface area contributed by atoms with Crippen LogP contribution in [0.2, 0.25) is 0 Å². The fourth-order valence-electron chi connectivity index (χ4n) is 3.91. The van der Waals surface area contributed by atoms with Gasteiger partial charge in [0, 0.05) is 10.9 Å².